The van der Waals surface area contributed by atoms with Gasteiger partial charge in [-0.25, -0.2) is 9.37 Å². The Bertz CT molecular complexity index is 1200. The summed E-state index contributed by atoms with van der Waals surface area (Å²) < 4.78 is 19.9. The van der Waals surface area contributed by atoms with Gasteiger partial charge in [-0.05, 0) is 38.2 Å². The van der Waals surface area contributed by atoms with Gasteiger partial charge >= 0.3 is 0 Å². The van der Waals surface area contributed by atoms with Crippen molar-refractivity contribution >= 4 is 34.9 Å². The molecule has 1 aliphatic heterocycles. The number of aromatic nitrogens is 2. The van der Waals surface area contributed by atoms with Crippen molar-refractivity contribution < 1.29 is 13.9 Å². The number of anilines is 1. The third-order valence-corrected chi connectivity index (χ3v) is 6.49. The van der Waals surface area contributed by atoms with Crippen molar-refractivity contribution in [1.82, 2.24) is 19.8 Å². The standard InChI is InChI=1S/C24H24Cl2FN5O2/c1-14(21-17(25)4-5-18(27)22(21)26)34-20-11-16(13-30-23(20)28)15-3-6-19(29-12-15)24(33)32-9-7-31(2)8-10-32/h3-6,11-14H,7-10H2,1-2H3,(H2,28,30). The van der Waals surface area contributed by atoms with Crippen molar-refractivity contribution in [2.45, 2.75) is 13.0 Å². The number of likely N-dealkylation sites (N-methyl/N-ethyl adjacent to an activating group) is 1. The van der Waals surface area contributed by atoms with Crippen LogP contribution in [0.15, 0.2) is 42.7 Å². The number of ether oxygens (including phenoxy) is 1. The third kappa shape index (κ3) is 5.09. The van der Waals surface area contributed by atoms with Crippen LogP contribution in [0.25, 0.3) is 11.1 Å². The minimum Gasteiger partial charge on any atom is -0.482 e. The molecule has 4 rings (SSSR count). The summed E-state index contributed by atoms with van der Waals surface area (Å²) in [7, 11) is 2.04. The zero-order valence-electron chi connectivity index (χ0n) is 18.8. The topological polar surface area (TPSA) is 84.6 Å². The highest BCUT2D eigenvalue weighted by molar-refractivity contribution is 6.36. The average Bonchev–Trinajstić information content (AvgIpc) is 2.83. The molecular formula is C24H24Cl2FN5O2. The van der Waals surface area contributed by atoms with Gasteiger partial charge in [0.2, 0.25) is 0 Å². The van der Waals surface area contributed by atoms with Crippen LogP contribution in [-0.2, 0) is 0 Å². The number of amides is 1. The average molecular weight is 504 g/mol. The van der Waals surface area contributed by atoms with Crippen LogP contribution in [-0.4, -0.2) is 58.9 Å². The van der Waals surface area contributed by atoms with Crippen LogP contribution in [0.1, 0.15) is 29.1 Å². The molecule has 1 fully saturated rings. The van der Waals surface area contributed by atoms with E-state index in [2.05, 4.69) is 14.9 Å². The van der Waals surface area contributed by atoms with Gasteiger partial charge in [0.05, 0.1) is 5.02 Å². The first-order valence-corrected chi connectivity index (χ1v) is 11.5. The van der Waals surface area contributed by atoms with Crippen LogP contribution in [0.2, 0.25) is 10.0 Å². The van der Waals surface area contributed by atoms with E-state index in [0.29, 0.717) is 35.7 Å². The molecule has 1 aromatic carbocycles. The third-order valence-electron chi connectivity index (χ3n) is 5.78. The Balaban J connectivity index is 1.53. The molecule has 1 unspecified atom stereocenters. The number of carbonyl (C=O) groups excluding carboxylic acids is 1. The summed E-state index contributed by atoms with van der Waals surface area (Å²) in [5.74, 6) is -0.224. The number of nitrogen functional groups attached to an aromatic ring is 1. The van der Waals surface area contributed by atoms with E-state index in [9.17, 15) is 9.18 Å². The van der Waals surface area contributed by atoms with Crippen LogP contribution < -0.4 is 10.5 Å². The smallest absolute Gasteiger partial charge is 0.272 e. The maximum atomic E-state index is 13.9. The lowest BCUT2D eigenvalue weighted by Crippen LogP contribution is -2.47. The highest BCUT2D eigenvalue weighted by Gasteiger charge is 2.22. The Labute approximate surface area is 207 Å². The molecule has 3 aromatic rings. The number of halogens is 3. The van der Waals surface area contributed by atoms with Gasteiger partial charge < -0.3 is 20.3 Å². The van der Waals surface area contributed by atoms with Crippen LogP contribution in [0.3, 0.4) is 0 Å². The van der Waals surface area contributed by atoms with Crippen molar-refractivity contribution in [3.63, 3.8) is 0 Å². The van der Waals surface area contributed by atoms with Crippen molar-refractivity contribution in [2.24, 2.45) is 0 Å². The van der Waals surface area contributed by atoms with Gasteiger partial charge in [0, 0.05) is 60.3 Å². The lowest BCUT2D eigenvalue weighted by Gasteiger charge is -2.32. The monoisotopic (exact) mass is 503 g/mol. The molecule has 2 N–H and O–H groups in total. The lowest BCUT2D eigenvalue weighted by molar-refractivity contribution is 0.0658. The van der Waals surface area contributed by atoms with Gasteiger partial charge in [0.1, 0.15) is 17.6 Å². The molecule has 0 saturated carbocycles. The molecular weight excluding hydrogens is 480 g/mol. The largest absolute Gasteiger partial charge is 0.482 e. The fraction of sp³-hybridized carbons (Fsp3) is 0.292. The van der Waals surface area contributed by atoms with Crippen molar-refractivity contribution in [1.29, 1.82) is 0 Å². The Morgan fingerprint density at radius 1 is 1.09 bits per heavy atom. The number of pyridine rings is 2. The summed E-state index contributed by atoms with van der Waals surface area (Å²) in [6.45, 7) is 4.74. The van der Waals surface area contributed by atoms with E-state index >= 15 is 0 Å². The van der Waals surface area contributed by atoms with Crippen molar-refractivity contribution in [3.05, 3.63) is 69.8 Å². The number of nitrogens with two attached hydrogens (primary N) is 1. The highest BCUT2D eigenvalue weighted by Crippen LogP contribution is 2.36. The maximum Gasteiger partial charge on any atom is 0.272 e. The molecule has 34 heavy (non-hydrogen) atoms. The molecule has 178 valence electrons. The Kier molecular flexibility index (Phi) is 7.21. The Hall–Kier alpha value is -2.94. The van der Waals surface area contributed by atoms with Gasteiger partial charge in [0.15, 0.2) is 11.6 Å². The minimum absolute atomic E-state index is 0.0863. The second kappa shape index (κ2) is 10.1. The van der Waals surface area contributed by atoms with E-state index in [0.717, 1.165) is 18.7 Å². The second-order valence-electron chi connectivity index (χ2n) is 8.15. The zero-order chi connectivity index (χ0) is 24.4. The first kappa shape index (κ1) is 24.2. The quantitative estimate of drug-likeness (QED) is 0.508. The summed E-state index contributed by atoms with van der Waals surface area (Å²) in [5, 5.41) is 0.180. The molecule has 3 heterocycles. The van der Waals surface area contributed by atoms with Gasteiger partial charge in [-0.3, -0.25) is 9.78 Å². The maximum absolute atomic E-state index is 13.9. The van der Waals surface area contributed by atoms with Gasteiger partial charge in [-0.15, -0.1) is 0 Å². The number of carbonyl (C=O) groups is 1. The predicted octanol–water partition coefficient (Wildman–Crippen LogP) is 4.70. The molecule has 2 aromatic heterocycles. The van der Waals surface area contributed by atoms with Crippen LogP contribution in [0.5, 0.6) is 5.75 Å². The summed E-state index contributed by atoms with van der Waals surface area (Å²) in [6, 6.07) is 7.83. The first-order chi connectivity index (χ1) is 16.2. The number of benzene rings is 1. The molecule has 1 amide bonds. The van der Waals surface area contributed by atoms with Gasteiger partial charge in [-0.1, -0.05) is 29.3 Å². The van der Waals surface area contributed by atoms with E-state index in [4.69, 9.17) is 33.7 Å². The highest BCUT2D eigenvalue weighted by atomic mass is 35.5. The normalized spacial score (nSPS) is 15.3. The molecule has 1 atom stereocenters. The van der Waals surface area contributed by atoms with Gasteiger partial charge in [0.25, 0.3) is 5.91 Å². The molecule has 10 heteroatoms. The summed E-state index contributed by atoms with van der Waals surface area (Å²) in [5.41, 5.74) is 8.15. The number of hydrogen-bond acceptors (Lipinski definition) is 6. The predicted molar refractivity (Wildman–Crippen MR) is 131 cm³/mol. The fourth-order valence-corrected chi connectivity index (χ4v) is 4.41. The molecule has 1 saturated heterocycles. The number of hydrogen-bond donors (Lipinski definition) is 1. The van der Waals surface area contributed by atoms with Crippen molar-refractivity contribution in [2.75, 3.05) is 39.0 Å². The van der Waals surface area contributed by atoms with Crippen LogP contribution in [0, 0.1) is 5.82 Å². The first-order valence-electron chi connectivity index (χ1n) is 10.7. The second-order valence-corrected chi connectivity index (χ2v) is 8.94. The van der Waals surface area contributed by atoms with Crippen LogP contribution >= 0.6 is 23.2 Å². The summed E-state index contributed by atoms with van der Waals surface area (Å²) in [6.07, 6.45) is 2.52. The van der Waals surface area contributed by atoms with E-state index < -0.39 is 11.9 Å². The Morgan fingerprint density at radius 3 is 2.47 bits per heavy atom. The molecule has 0 bridgehead atoms. The van der Waals surface area contributed by atoms with E-state index in [-0.39, 0.29) is 21.8 Å². The van der Waals surface area contributed by atoms with E-state index in [1.807, 2.05) is 11.9 Å². The summed E-state index contributed by atoms with van der Waals surface area (Å²) in [4.78, 5) is 25.3. The molecule has 7 nitrogen and oxygen atoms in total. The zero-order valence-corrected chi connectivity index (χ0v) is 20.3. The minimum atomic E-state index is -0.684. The Morgan fingerprint density at radius 2 is 1.79 bits per heavy atom. The summed E-state index contributed by atoms with van der Waals surface area (Å²) >= 11 is 12.3. The number of rotatable bonds is 5. The number of piperazine rings is 1. The number of nitrogens with zero attached hydrogens (tertiary/aromatic N) is 4. The molecule has 1 aliphatic rings. The van der Waals surface area contributed by atoms with Gasteiger partial charge in [-0.2, -0.15) is 0 Å². The molecule has 0 radical (unpaired) electrons. The van der Waals surface area contributed by atoms with E-state index in [1.54, 1.807) is 37.5 Å². The fourth-order valence-electron chi connectivity index (χ4n) is 3.73. The SMILES string of the molecule is CC(Oc1cc(-c2ccc(C(=O)N3CCN(C)CC3)nc2)cnc1N)c1c(Cl)ccc(F)c1Cl. The lowest BCUT2D eigenvalue weighted by atomic mass is 10.1. The van der Waals surface area contributed by atoms with Crippen molar-refractivity contribution in [3.8, 4) is 16.9 Å². The molecule has 0 aliphatic carbocycles. The molecule has 0 spiro atoms. The van der Waals surface area contributed by atoms with Crippen LogP contribution in [0.4, 0.5) is 10.2 Å². The van der Waals surface area contributed by atoms with E-state index in [1.165, 1.54) is 12.1 Å².